The molecule has 1 aromatic rings. The third-order valence-electron chi connectivity index (χ3n) is 1.48. The maximum absolute atomic E-state index is 9.06. The molecule has 0 aliphatic heterocycles. The summed E-state index contributed by atoms with van der Waals surface area (Å²) in [4.78, 5) is 0.745. The quantitative estimate of drug-likeness (QED) is 0.655. The van der Waals surface area contributed by atoms with E-state index < -0.39 is 0 Å². The van der Waals surface area contributed by atoms with Gasteiger partial charge in [0, 0.05) is 6.07 Å². The lowest BCUT2D eigenvalue weighted by atomic mass is 10.1. The Morgan fingerprint density at radius 2 is 2.27 bits per heavy atom. The fraction of sp³-hybridized carbons (Fsp3) is 0.571. The van der Waals surface area contributed by atoms with Gasteiger partial charge in [0.2, 0.25) is 5.88 Å². The minimum Gasteiger partial charge on any atom is -0.479 e. The molecule has 1 rings (SSSR count). The summed E-state index contributed by atoms with van der Waals surface area (Å²) in [6.07, 6.45) is 0. The van der Waals surface area contributed by atoms with Gasteiger partial charge < -0.3 is 9.94 Å². The summed E-state index contributed by atoms with van der Waals surface area (Å²) in [6, 6.07) is 1.71. The van der Waals surface area contributed by atoms with Gasteiger partial charge in [0.05, 0.1) is 12.8 Å². The van der Waals surface area contributed by atoms with Crippen LogP contribution in [0.2, 0.25) is 0 Å². The maximum atomic E-state index is 9.06. The van der Waals surface area contributed by atoms with Crippen LogP contribution in [0.15, 0.2) is 6.07 Å². The Morgan fingerprint density at radius 1 is 1.64 bits per heavy atom. The molecule has 0 atom stereocenters. The van der Waals surface area contributed by atoms with Crippen molar-refractivity contribution >= 4 is 0 Å². The average Bonchev–Trinajstić information content (AvgIpc) is 2.31. The van der Waals surface area contributed by atoms with Gasteiger partial charge in [0.15, 0.2) is 0 Å². The molecule has 1 heterocycles. The first kappa shape index (κ1) is 7.91. The van der Waals surface area contributed by atoms with Gasteiger partial charge in [-0.3, -0.25) is 0 Å². The molecule has 0 fully saturated rings. The van der Waals surface area contributed by atoms with Crippen LogP contribution in [-0.4, -0.2) is 22.3 Å². The van der Waals surface area contributed by atoms with E-state index in [1.165, 1.54) is 7.11 Å². The van der Waals surface area contributed by atoms with E-state index in [-0.39, 0.29) is 0 Å². The van der Waals surface area contributed by atoms with Crippen molar-refractivity contribution in [2.75, 3.05) is 7.11 Å². The van der Waals surface area contributed by atoms with Gasteiger partial charge in [-0.2, -0.15) is 0 Å². The van der Waals surface area contributed by atoms with E-state index in [1.54, 1.807) is 6.07 Å². The first-order chi connectivity index (χ1) is 5.15. The number of hydrogen-bond donors (Lipinski definition) is 1. The Labute approximate surface area is 65.4 Å². The molecule has 0 aromatic carbocycles. The summed E-state index contributed by atoms with van der Waals surface area (Å²) in [5.74, 6) is 0.672. The SMILES string of the molecule is COc1cc(C(C)C)nn1O. The molecule has 1 aromatic heterocycles. The third-order valence-corrected chi connectivity index (χ3v) is 1.48. The second-order valence-electron chi connectivity index (χ2n) is 2.66. The molecular weight excluding hydrogens is 144 g/mol. The van der Waals surface area contributed by atoms with Crippen molar-refractivity contribution in [3.8, 4) is 5.88 Å². The molecule has 0 saturated carbocycles. The molecular formula is C7H12N2O2. The molecule has 0 unspecified atom stereocenters. The molecule has 0 spiro atoms. The van der Waals surface area contributed by atoms with Gasteiger partial charge in [-0.25, -0.2) is 0 Å². The van der Waals surface area contributed by atoms with E-state index in [0.717, 1.165) is 10.5 Å². The molecule has 1 N–H and O–H groups in total. The highest BCUT2D eigenvalue weighted by Gasteiger charge is 2.08. The van der Waals surface area contributed by atoms with Gasteiger partial charge in [0.25, 0.3) is 0 Å². The number of rotatable bonds is 2. The summed E-state index contributed by atoms with van der Waals surface area (Å²) >= 11 is 0. The lowest BCUT2D eigenvalue weighted by molar-refractivity contribution is 0.118. The Hall–Kier alpha value is -1.19. The van der Waals surface area contributed by atoms with Crippen LogP contribution < -0.4 is 4.74 Å². The number of aromatic nitrogens is 2. The van der Waals surface area contributed by atoms with Crippen LogP contribution in [0.1, 0.15) is 25.5 Å². The molecule has 0 bridgehead atoms. The number of hydrogen-bond acceptors (Lipinski definition) is 3. The number of nitrogens with zero attached hydrogens (tertiary/aromatic N) is 2. The predicted molar refractivity (Wildman–Crippen MR) is 40.1 cm³/mol. The zero-order valence-corrected chi connectivity index (χ0v) is 6.90. The second-order valence-corrected chi connectivity index (χ2v) is 2.66. The maximum Gasteiger partial charge on any atom is 0.250 e. The van der Waals surface area contributed by atoms with Crippen LogP contribution in [-0.2, 0) is 0 Å². The van der Waals surface area contributed by atoms with Crippen molar-refractivity contribution in [2.45, 2.75) is 19.8 Å². The smallest absolute Gasteiger partial charge is 0.250 e. The first-order valence-electron chi connectivity index (χ1n) is 3.48. The first-order valence-corrected chi connectivity index (χ1v) is 3.48. The highest BCUT2D eigenvalue weighted by Crippen LogP contribution is 2.17. The van der Waals surface area contributed by atoms with Gasteiger partial charge in [0.1, 0.15) is 0 Å². The third kappa shape index (κ3) is 1.45. The highest BCUT2D eigenvalue weighted by molar-refractivity contribution is 5.17. The number of methoxy groups -OCH3 is 1. The lowest BCUT2D eigenvalue weighted by Gasteiger charge is -1.94. The largest absolute Gasteiger partial charge is 0.479 e. The van der Waals surface area contributed by atoms with E-state index in [0.29, 0.717) is 11.8 Å². The molecule has 62 valence electrons. The molecule has 0 saturated heterocycles. The summed E-state index contributed by atoms with van der Waals surface area (Å²) in [7, 11) is 1.49. The Balaban J connectivity index is 2.95. The van der Waals surface area contributed by atoms with Crippen LogP contribution in [0.5, 0.6) is 5.88 Å². The van der Waals surface area contributed by atoms with Gasteiger partial charge in [-0.05, 0) is 5.92 Å². The van der Waals surface area contributed by atoms with Crippen molar-refractivity contribution in [1.29, 1.82) is 0 Å². The van der Waals surface area contributed by atoms with Gasteiger partial charge >= 0.3 is 0 Å². The van der Waals surface area contributed by atoms with Crippen molar-refractivity contribution < 1.29 is 9.94 Å². The zero-order chi connectivity index (χ0) is 8.43. The lowest BCUT2D eigenvalue weighted by Crippen LogP contribution is -1.97. The standard InChI is InChI=1S/C7H12N2O2/c1-5(2)6-4-7(11-3)9(10)8-6/h4-5,10H,1-3H3. The molecule has 4 heteroatoms. The van der Waals surface area contributed by atoms with Crippen molar-refractivity contribution in [2.24, 2.45) is 0 Å². The second kappa shape index (κ2) is 2.82. The van der Waals surface area contributed by atoms with Gasteiger partial charge in [-0.1, -0.05) is 18.7 Å². The monoisotopic (exact) mass is 156 g/mol. The van der Waals surface area contributed by atoms with Crippen molar-refractivity contribution in [3.05, 3.63) is 11.8 Å². The topological polar surface area (TPSA) is 47.3 Å². The number of ether oxygens (including phenoxy) is 1. The molecule has 4 nitrogen and oxygen atoms in total. The van der Waals surface area contributed by atoms with E-state index in [1.807, 2.05) is 13.8 Å². The van der Waals surface area contributed by atoms with E-state index in [9.17, 15) is 0 Å². The molecule has 0 aliphatic carbocycles. The Kier molecular flexibility index (Phi) is 2.03. The van der Waals surface area contributed by atoms with Crippen LogP contribution in [0, 0.1) is 0 Å². The molecule has 0 aliphatic rings. The predicted octanol–water partition coefficient (Wildman–Crippen LogP) is 1.25. The molecule has 11 heavy (non-hydrogen) atoms. The summed E-state index contributed by atoms with van der Waals surface area (Å²) in [5.41, 5.74) is 0.823. The van der Waals surface area contributed by atoms with E-state index in [2.05, 4.69) is 5.10 Å². The zero-order valence-electron chi connectivity index (χ0n) is 6.90. The van der Waals surface area contributed by atoms with E-state index >= 15 is 0 Å². The van der Waals surface area contributed by atoms with Gasteiger partial charge in [-0.15, -0.1) is 5.10 Å². The normalized spacial score (nSPS) is 10.5. The van der Waals surface area contributed by atoms with Crippen LogP contribution in [0.3, 0.4) is 0 Å². The van der Waals surface area contributed by atoms with Crippen LogP contribution in [0.25, 0.3) is 0 Å². The minimum atomic E-state index is 0.303. The molecule has 0 amide bonds. The summed E-state index contributed by atoms with van der Waals surface area (Å²) in [5, 5.41) is 12.9. The minimum absolute atomic E-state index is 0.303. The summed E-state index contributed by atoms with van der Waals surface area (Å²) < 4.78 is 4.83. The average molecular weight is 156 g/mol. The van der Waals surface area contributed by atoms with Crippen LogP contribution in [0.4, 0.5) is 0 Å². The fourth-order valence-corrected chi connectivity index (χ4v) is 0.794. The Morgan fingerprint density at radius 3 is 2.55 bits per heavy atom. The highest BCUT2D eigenvalue weighted by atomic mass is 16.6. The summed E-state index contributed by atoms with van der Waals surface area (Å²) in [6.45, 7) is 4.00. The Bertz CT molecular complexity index is 243. The van der Waals surface area contributed by atoms with E-state index in [4.69, 9.17) is 9.94 Å². The molecule has 0 radical (unpaired) electrons. The fourth-order valence-electron chi connectivity index (χ4n) is 0.794. The van der Waals surface area contributed by atoms with Crippen LogP contribution >= 0.6 is 0 Å². The van der Waals surface area contributed by atoms with Crippen molar-refractivity contribution in [3.63, 3.8) is 0 Å². The van der Waals surface area contributed by atoms with Crippen molar-refractivity contribution in [1.82, 2.24) is 9.94 Å².